The third kappa shape index (κ3) is 2.91. The first-order valence-electron chi connectivity index (χ1n) is 6.47. The molecule has 0 amide bonds. The second kappa shape index (κ2) is 6.23. The summed E-state index contributed by atoms with van der Waals surface area (Å²) < 4.78 is 0. The molecule has 0 unspecified atom stereocenters. The molecule has 2 rings (SSSR count). The Morgan fingerprint density at radius 2 is 2.11 bits per heavy atom. The number of nitrogens with one attached hydrogen (secondary N) is 2. The molecule has 0 saturated heterocycles. The number of hydrogen-bond acceptors (Lipinski definition) is 2. The number of hydrogen-bond donors (Lipinski definition) is 2. The van der Waals surface area contributed by atoms with Crippen LogP contribution in [-0.4, -0.2) is 18.1 Å². The van der Waals surface area contributed by atoms with Gasteiger partial charge in [0.05, 0.1) is 6.07 Å². The minimum absolute atomic E-state index is 0.638. The van der Waals surface area contributed by atoms with Gasteiger partial charge in [0.25, 0.3) is 0 Å². The van der Waals surface area contributed by atoms with Gasteiger partial charge in [-0.15, -0.1) is 0 Å². The van der Waals surface area contributed by atoms with Crippen molar-refractivity contribution >= 4 is 10.9 Å². The highest BCUT2D eigenvalue weighted by Crippen LogP contribution is 2.21. The van der Waals surface area contributed by atoms with Gasteiger partial charge in [-0.1, -0.05) is 18.2 Å². The van der Waals surface area contributed by atoms with Crippen LogP contribution in [0.5, 0.6) is 0 Å². The molecule has 3 nitrogen and oxygen atoms in total. The molecule has 0 bridgehead atoms. The second-order valence-corrected chi connectivity index (χ2v) is 4.54. The van der Waals surface area contributed by atoms with E-state index in [9.17, 15) is 0 Å². The van der Waals surface area contributed by atoms with Crippen molar-refractivity contribution in [2.75, 3.05) is 13.1 Å². The molecule has 0 saturated carbocycles. The fourth-order valence-electron chi connectivity index (χ4n) is 2.29. The van der Waals surface area contributed by atoms with Gasteiger partial charge in [0.1, 0.15) is 0 Å². The highest BCUT2D eigenvalue weighted by Gasteiger charge is 2.06. The molecule has 0 aliphatic carbocycles. The van der Waals surface area contributed by atoms with Gasteiger partial charge in [-0.2, -0.15) is 5.26 Å². The summed E-state index contributed by atoms with van der Waals surface area (Å²) in [4.78, 5) is 3.42. The van der Waals surface area contributed by atoms with Crippen LogP contribution in [0.1, 0.15) is 24.1 Å². The highest BCUT2D eigenvalue weighted by molar-refractivity contribution is 5.84. The predicted molar refractivity (Wildman–Crippen MR) is 74.5 cm³/mol. The van der Waals surface area contributed by atoms with E-state index >= 15 is 0 Å². The van der Waals surface area contributed by atoms with E-state index in [0.29, 0.717) is 6.42 Å². The molecule has 2 aromatic rings. The Morgan fingerprint density at radius 3 is 2.94 bits per heavy atom. The lowest BCUT2D eigenvalue weighted by Gasteiger charge is -2.04. The van der Waals surface area contributed by atoms with E-state index in [2.05, 4.69) is 47.6 Å². The van der Waals surface area contributed by atoms with Crippen LogP contribution in [0.2, 0.25) is 0 Å². The summed E-state index contributed by atoms with van der Waals surface area (Å²) in [6.45, 7) is 4.02. The van der Waals surface area contributed by atoms with Crippen molar-refractivity contribution < 1.29 is 0 Å². The minimum atomic E-state index is 0.638. The molecule has 0 aliphatic heterocycles. The number of nitriles is 1. The summed E-state index contributed by atoms with van der Waals surface area (Å²) in [7, 11) is 0. The van der Waals surface area contributed by atoms with Crippen LogP contribution >= 0.6 is 0 Å². The standard InChI is InChI=1S/C15H19N3/c1-12-13(8-11-17-10-5-4-9-16)14-6-2-3-7-15(14)18-12/h2-3,6-7,17-18H,4-5,8,10-11H2,1H3. The molecule has 0 fully saturated rings. The maximum atomic E-state index is 8.45. The number of benzene rings is 1. The number of aromatic amines is 1. The van der Waals surface area contributed by atoms with Crippen molar-refractivity contribution in [3.63, 3.8) is 0 Å². The molecule has 1 aromatic heterocycles. The van der Waals surface area contributed by atoms with Crippen LogP contribution in [0.25, 0.3) is 10.9 Å². The number of aromatic nitrogens is 1. The lowest BCUT2D eigenvalue weighted by atomic mass is 10.1. The summed E-state index contributed by atoms with van der Waals surface area (Å²) in [5, 5.41) is 13.2. The summed E-state index contributed by atoms with van der Waals surface area (Å²) >= 11 is 0. The monoisotopic (exact) mass is 241 g/mol. The van der Waals surface area contributed by atoms with Crippen LogP contribution in [0.4, 0.5) is 0 Å². The lowest BCUT2D eigenvalue weighted by molar-refractivity contribution is 0.655. The Kier molecular flexibility index (Phi) is 4.38. The molecule has 2 N–H and O–H groups in total. The molecule has 0 atom stereocenters. The number of unbranched alkanes of at least 4 members (excludes halogenated alkanes) is 1. The molecule has 18 heavy (non-hydrogen) atoms. The van der Waals surface area contributed by atoms with Crippen molar-refractivity contribution in [1.29, 1.82) is 5.26 Å². The van der Waals surface area contributed by atoms with Gasteiger partial charge < -0.3 is 10.3 Å². The highest BCUT2D eigenvalue weighted by atomic mass is 14.8. The molecule has 3 heteroatoms. The number of aryl methyl sites for hydroxylation is 1. The number of fused-ring (bicyclic) bond motifs is 1. The van der Waals surface area contributed by atoms with E-state index < -0.39 is 0 Å². The molecule has 0 aliphatic rings. The molecule has 0 spiro atoms. The maximum absolute atomic E-state index is 8.45. The molecular formula is C15H19N3. The van der Waals surface area contributed by atoms with Crippen LogP contribution < -0.4 is 5.32 Å². The quantitative estimate of drug-likeness (QED) is 0.764. The Balaban J connectivity index is 1.91. The zero-order chi connectivity index (χ0) is 12.8. The van der Waals surface area contributed by atoms with Gasteiger partial charge in [-0.25, -0.2) is 0 Å². The average molecular weight is 241 g/mol. The summed E-state index contributed by atoms with van der Waals surface area (Å²) in [6, 6.07) is 10.6. The van der Waals surface area contributed by atoms with Gasteiger partial charge >= 0.3 is 0 Å². The van der Waals surface area contributed by atoms with E-state index in [1.807, 2.05) is 0 Å². The van der Waals surface area contributed by atoms with Crippen molar-refractivity contribution in [3.05, 3.63) is 35.5 Å². The van der Waals surface area contributed by atoms with Crippen LogP contribution in [0.15, 0.2) is 24.3 Å². The van der Waals surface area contributed by atoms with Gasteiger partial charge in [0.15, 0.2) is 0 Å². The van der Waals surface area contributed by atoms with Crippen molar-refractivity contribution in [2.24, 2.45) is 0 Å². The topological polar surface area (TPSA) is 51.6 Å². The fraction of sp³-hybridized carbons (Fsp3) is 0.400. The molecular weight excluding hydrogens is 222 g/mol. The van der Waals surface area contributed by atoms with Gasteiger partial charge in [-0.3, -0.25) is 0 Å². The first-order chi connectivity index (χ1) is 8.83. The minimum Gasteiger partial charge on any atom is -0.358 e. The normalized spacial score (nSPS) is 10.7. The SMILES string of the molecule is Cc1[nH]c2ccccc2c1CCNCCCC#N. The predicted octanol–water partition coefficient (Wildman–Crippen LogP) is 2.91. The Hall–Kier alpha value is -1.79. The summed E-state index contributed by atoms with van der Waals surface area (Å²) in [5.41, 5.74) is 3.88. The van der Waals surface area contributed by atoms with Crippen LogP contribution in [0, 0.1) is 18.3 Å². The third-order valence-electron chi connectivity index (χ3n) is 3.22. The second-order valence-electron chi connectivity index (χ2n) is 4.54. The lowest BCUT2D eigenvalue weighted by Crippen LogP contribution is -2.18. The summed E-state index contributed by atoms with van der Waals surface area (Å²) in [5.74, 6) is 0. The first kappa shape index (κ1) is 12.7. The molecule has 0 radical (unpaired) electrons. The number of H-pyrrole nitrogens is 1. The van der Waals surface area contributed by atoms with Crippen LogP contribution in [-0.2, 0) is 6.42 Å². The van der Waals surface area contributed by atoms with Crippen molar-refractivity contribution in [1.82, 2.24) is 10.3 Å². The van der Waals surface area contributed by atoms with E-state index in [0.717, 1.165) is 25.9 Å². The van der Waals surface area contributed by atoms with E-state index in [-0.39, 0.29) is 0 Å². The van der Waals surface area contributed by atoms with Gasteiger partial charge in [0.2, 0.25) is 0 Å². The maximum Gasteiger partial charge on any atom is 0.0622 e. The number of para-hydroxylation sites is 1. The third-order valence-corrected chi connectivity index (χ3v) is 3.22. The van der Waals surface area contributed by atoms with Crippen molar-refractivity contribution in [2.45, 2.75) is 26.2 Å². The largest absolute Gasteiger partial charge is 0.358 e. The molecule has 94 valence electrons. The fourth-order valence-corrected chi connectivity index (χ4v) is 2.29. The van der Waals surface area contributed by atoms with Gasteiger partial charge in [0, 0.05) is 23.0 Å². The number of rotatable bonds is 6. The number of nitrogens with zero attached hydrogens (tertiary/aromatic N) is 1. The van der Waals surface area contributed by atoms with Crippen molar-refractivity contribution in [3.8, 4) is 6.07 Å². The first-order valence-corrected chi connectivity index (χ1v) is 6.47. The molecule has 1 aromatic carbocycles. The van der Waals surface area contributed by atoms with E-state index in [1.54, 1.807) is 0 Å². The average Bonchev–Trinajstić information content (AvgIpc) is 2.70. The molecule has 1 heterocycles. The Bertz CT molecular complexity index is 548. The van der Waals surface area contributed by atoms with Gasteiger partial charge in [-0.05, 0) is 44.5 Å². The Morgan fingerprint density at radius 1 is 1.28 bits per heavy atom. The van der Waals surface area contributed by atoms with E-state index in [1.165, 1.54) is 22.2 Å². The smallest absolute Gasteiger partial charge is 0.0622 e. The Labute approximate surface area is 108 Å². The van der Waals surface area contributed by atoms with Crippen LogP contribution in [0.3, 0.4) is 0 Å². The summed E-state index contributed by atoms with van der Waals surface area (Å²) in [6.07, 6.45) is 2.60. The zero-order valence-electron chi connectivity index (χ0n) is 10.8. The zero-order valence-corrected chi connectivity index (χ0v) is 10.8. The van der Waals surface area contributed by atoms with E-state index in [4.69, 9.17) is 5.26 Å².